The summed E-state index contributed by atoms with van der Waals surface area (Å²) >= 11 is 3.98. The van der Waals surface area contributed by atoms with Gasteiger partial charge in [0.25, 0.3) is 0 Å². The molecule has 0 unspecified atom stereocenters. The van der Waals surface area contributed by atoms with Crippen LogP contribution in [0.4, 0.5) is 0 Å². The molecule has 2 rings (SSSR count). The van der Waals surface area contributed by atoms with Crippen LogP contribution in [0.3, 0.4) is 0 Å². The maximum absolute atomic E-state index is 4.74. The van der Waals surface area contributed by atoms with Gasteiger partial charge in [-0.15, -0.1) is 0 Å². The molecule has 2 heterocycles. The highest BCUT2D eigenvalue weighted by Crippen LogP contribution is 2.24. The van der Waals surface area contributed by atoms with E-state index < -0.39 is 0 Å². The van der Waals surface area contributed by atoms with Crippen molar-refractivity contribution in [3.63, 3.8) is 0 Å². The molecule has 0 amide bonds. The molecule has 0 spiro atoms. The van der Waals surface area contributed by atoms with Crippen molar-refractivity contribution in [3.8, 4) is 0 Å². The SMILES string of the molecule is CC(C)[C@H]1CSC(NC2CCSCC2)=N1. The van der Waals surface area contributed by atoms with Gasteiger partial charge in [-0.05, 0) is 30.3 Å². The fourth-order valence-corrected chi connectivity index (χ4v) is 4.18. The molecular weight excluding hydrogens is 224 g/mol. The third-order valence-electron chi connectivity index (χ3n) is 2.99. The van der Waals surface area contributed by atoms with Crippen LogP contribution in [-0.2, 0) is 0 Å². The first-order chi connectivity index (χ1) is 7.25. The molecule has 4 heteroatoms. The van der Waals surface area contributed by atoms with Gasteiger partial charge >= 0.3 is 0 Å². The fourth-order valence-electron chi connectivity index (χ4n) is 1.83. The van der Waals surface area contributed by atoms with E-state index in [1.54, 1.807) is 0 Å². The van der Waals surface area contributed by atoms with E-state index in [4.69, 9.17) is 4.99 Å². The van der Waals surface area contributed by atoms with Crippen LogP contribution in [0.15, 0.2) is 4.99 Å². The fraction of sp³-hybridized carbons (Fsp3) is 0.909. The summed E-state index contributed by atoms with van der Waals surface area (Å²) < 4.78 is 0. The Hall–Kier alpha value is 0.170. The highest BCUT2D eigenvalue weighted by Gasteiger charge is 2.23. The topological polar surface area (TPSA) is 24.4 Å². The molecule has 0 saturated carbocycles. The van der Waals surface area contributed by atoms with E-state index in [0.717, 1.165) is 0 Å². The molecule has 0 aliphatic carbocycles. The van der Waals surface area contributed by atoms with Gasteiger partial charge in [0.1, 0.15) is 0 Å². The highest BCUT2D eigenvalue weighted by atomic mass is 32.2. The quantitative estimate of drug-likeness (QED) is 0.808. The summed E-state index contributed by atoms with van der Waals surface area (Å²) in [6.45, 7) is 4.52. The van der Waals surface area contributed by atoms with Crippen molar-refractivity contribution in [2.45, 2.75) is 38.8 Å². The molecular formula is C11H20N2S2. The van der Waals surface area contributed by atoms with Gasteiger partial charge in [0.15, 0.2) is 5.17 Å². The molecule has 2 aliphatic heterocycles. The molecule has 86 valence electrons. The van der Waals surface area contributed by atoms with E-state index in [1.807, 2.05) is 11.8 Å². The average Bonchev–Trinajstić information content (AvgIpc) is 2.68. The maximum atomic E-state index is 4.74. The van der Waals surface area contributed by atoms with Crippen molar-refractivity contribution in [2.24, 2.45) is 10.9 Å². The van der Waals surface area contributed by atoms with Crippen LogP contribution in [0, 0.1) is 5.92 Å². The molecule has 1 saturated heterocycles. The van der Waals surface area contributed by atoms with Gasteiger partial charge in [-0.2, -0.15) is 11.8 Å². The molecule has 1 atom stereocenters. The number of nitrogens with one attached hydrogen (secondary N) is 1. The summed E-state index contributed by atoms with van der Waals surface area (Å²) in [4.78, 5) is 4.74. The molecule has 0 aromatic carbocycles. The minimum Gasteiger partial charge on any atom is -0.362 e. The second-order valence-corrected chi connectivity index (χ2v) is 6.82. The number of amidine groups is 1. The van der Waals surface area contributed by atoms with E-state index in [2.05, 4.69) is 30.9 Å². The number of rotatable bonds is 2. The minimum absolute atomic E-state index is 0.537. The first kappa shape index (κ1) is 11.6. The zero-order valence-electron chi connectivity index (χ0n) is 9.53. The smallest absolute Gasteiger partial charge is 0.157 e. The number of hydrogen-bond acceptors (Lipinski definition) is 4. The van der Waals surface area contributed by atoms with Gasteiger partial charge in [0, 0.05) is 11.8 Å². The monoisotopic (exact) mass is 244 g/mol. The van der Waals surface area contributed by atoms with Crippen molar-refractivity contribution in [1.82, 2.24) is 5.32 Å². The zero-order chi connectivity index (χ0) is 10.7. The lowest BCUT2D eigenvalue weighted by Gasteiger charge is -2.22. The molecule has 0 radical (unpaired) electrons. The van der Waals surface area contributed by atoms with Crippen molar-refractivity contribution in [3.05, 3.63) is 0 Å². The number of nitrogens with zero attached hydrogens (tertiary/aromatic N) is 1. The van der Waals surface area contributed by atoms with Gasteiger partial charge < -0.3 is 5.32 Å². The van der Waals surface area contributed by atoms with Gasteiger partial charge in [-0.25, -0.2) is 0 Å². The second kappa shape index (κ2) is 5.48. The summed E-state index contributed by atoms with van der Waals surface area (Å²) in [5.41, 5.74) is 0. The van der Waals surface area contributed by atoms with Crippen molar-refractivity contribution < 1.29 is 0 Å². The van der Waals surface area contributed by atoms with Gasteiger partial charge in [-0.1, -0.05) is 25.6 Å². The highest BCUT2D eigenvalue weighted by molar-refractivity contribution is 8.14. The van der Waals surface area contributed by atoms with Gasteiger partial charge in [0.05, 0.1) is 6.04 Å². The molecule has 0 aromatic rings. The molecule has 0 bridgehead atoms. The molecule has 1 N–H and O–H groups in total. The van der Waals surface area contributed by atoms with Crippen LogP contribution >= 0.6 is 23.5 Å². The molecule has 2 aliphatic rings. The van der Waals surface area contributed by atoms with Gasteiger partial charge in [-0.3, -0.25) is 4.99 Å². The number of hydrogen-bond donors (Lipinski definition) is 1. The van der Waals surface area contributed by atoms with Crippen LogP contribution in [0.25, 0.3) is 0 Å². The molecule has 1 fully saturated rings. The first-order valence-electron chi connectivity index (χ1n) is 5.80. The van der Waals surface area contributed by atoms with Gasteiger partial charge in [0.2, 0.25) is 0 Å². The maximum Gasteiger partial charge on any atom is 0.157 e. The summed E-state index contributed by atoms with van der Waals surface area (Å²) in [7, 11) is 0. The van der Waals surface area contributed by atoms with Crippen LogP contribution < -0.4 is 5.32 Å². The Morgan fingerprint density at radius 1 is 1.33 bits per heavy atom. The van der Waals surface area contributed by atoms with E-state index in [0.29, 0.717) is 18.0 Å². The Balaban J connectivity index is 1.81. The van der Waals surface area contributed by atoms with E-state index in [1.165, 1.54) is 35.3 Å². The van der Waals surface area contributed by atoms with Crippen LogP contribution in [-0.4, -0.2) is 34.5 Å². The van der Waals surface area contributed by atoms with E-state index >= 15 is 0 Å². The largest absolute Gasteiger partial charge is 0.362 e. The average molecular weight is 244 g/mol. The lowest BCUT2D eigenvalue weighted by Crippen LogP contribution is -2.35. The molecule has 0 aromatic heterocycles. The predicted octanol–water partition coefficient (Wildman–Crippen LogP) is 2.60. The third-order valence-corrected chi connectivity index (χ3v) is 5.05. The lowest BCUT2D eigenvalue weighted by atomic mass is 10.1. The standard InChI is InChI=1S/C11H20N2S2/c1-8(2)10-7-15-11(13-10)12-9-3-5-14-6-4-9/h8-10H,3-7H2,1-2H3,(H,12,13)/t10-/m1/s1. The molecule has 2 nitrogen and oxygen atoms in total. The second-order valence-electron chi connectivity index (χ2n) is 4.59. The lowest BCUT2D eigenvalue weighted by molar-refractivity contribution is 0.535. The summed E-state index contributed by atoms with van der Waals surface area (Å²) in [6.07, 6.45) is 2.60. The Morgan fingerprint density at radius 2 is 2.07 bits per heavy atom. The number of aliphatic imine (C=N–C) groups is 1. The minimum atomic E-state index is 0.537. The van der Waals surface area contributed by atoms with E-state index in [9.17, 15) is 0 Å². The van der Waals surface area contributed by atoms with E-state index in [-0.39, 0.29) is 0 Å². The van der Waals surface area contributed by atoms with Crippen molar-refractivity contribution in [2.75, 3.05) is 17.3 Å². The summed E-state index contributed by atoms with van der Waals surface area (Å²) in [6, 6.07) is 1.22. The Kier molecular flexibility index (Phi) is 4.26. The summed E-state index contributed by atoms with van der Waals surface area (Å²) in [5.74, 6) is 4.46. The third kappa shape index (κ3) is 3.31. The molecule has 15 heavy (non-hydrogen) atoms. The predicted molar refractivity (Wildman–Crippen MR) is 72.0 cm³/mol. The van der Waals surface area contributed by atoms with Crippen LogP contribution in [0.1, 0.15) is 26.7 Å². The van der Waals surface area contributed by atoms with Crippen molar-refractivity contribution >= 4 is 28.7 Å². The normalized spacial score (nSPS) is 28.2. The van der Waals surface area contributed by atoms with Crippen molar-refractivity contribution in [1.29, 1.82) is 0 Å². The van der Waals surface area contributed by atoms with Crippen LogP contribution in [0.5, 0.6) is 0 Å². The van der Waals surface area contributed by atoms with Crippen LogP contribution in [0.2, 0.25) is 0 Å². The Labute approximate surface area is 101 Å². The summed E-state index contributed by atoms with van der Waals surface area (Å²) in [5, 5.41) is 4.80. The Bertz CT molecular complexity index is 235. The Morgan fingerprint density at radius 3 is 2.67 bits per heavy atom. The number of thioether (sulfide) groups is 2. The first-order valence-corrected chi connectivity index (χ1v) is 7.94. The zero-order valence-corrected chi connectivity index (χ0v) is 11.2.